The molecule has 0 aliphatic heterocycles. The Morgan fingerprint density at radius 1 is 0.943 bits per heavy atom. The number of nitrogens with one attached hydrogen (secondary N) is 1. The third-order valence-electron chi connectivity index (χ3n) is 5.54. The number of benzene rings is 4. The topological polar surface area (TPSA) is 97.3 Å². The van der Waals surface area contributed by atoms with E-state index >= 15 is 0 Å². The van der Waals surface area contributed by atoms with Crippen molar-refractivity contribution in [2.45, 2.75) is 0 Å². The standard InChI is InChI=1S/C26H25N3O5S/c1-33-20-12-13-25(34-2)24(15-20)29(35(3,31)32)17-26(30)28-27-16-23-21-10-6-4-8-18(21)14-19-9-5-7-11-22(19)23/h4-16H,17H2,1-3H3,(H,28,30). The summed E-state index contributed by atoms with van der Waals surface area (Å²) in [6.45, 7) is -0.490. The first-order valence-corrected chi connectivity index (χ1v) is 12.6. The Morgan fingerprint density at radius 3 is 2.14 bits per heavy atom. The normalized spacial score (nSPS) is 11.6. The molecule has 0 saturated carbocycles. The predicted octanol–water partition coefficient (Wildman–Crippen LogP) is 3.93. The van der Waals surface area contributed by atoms with Gasteiger partial charge in [-0.3, -0.25) is 9.10 Å². The van der Waals surface area contributed by atoms with Crippen molar-refractivity contribution in [2.24, 2.45) is 5.10 Å². The lowest BCUT2D eigenvalue weighted by Gasteiger charge is -2.23. The average molecular weight is 492 g/mol. The fraction of sp³-hybridized carbons (Fsp3) is 0.154. The van der Waals surface area contributed by atoms with Crippen LogP contribution >= 0.6 is 0 Å². The van der Waals surface area contributed by atoms with Crippen molar-refractivity contribution in [3.05, 3.63) is 78.4 Å². The molecule has 0 spiro atoms. The van der Waals surface area contributed by atoms with Crippen molar-refractivity contribution >= 4 is 49.4 Å². The summed E-state index contributed by atoms with van der Waals surface area (Å²) in [6.07, 6.45) is 2.60. The summed E-state index contributed by atoms with van der Waals surface area (Å²) in [4.78, 5) is 12.7. The van der Waals surface area contributed by atoms with Crippen molar-refractivity contribution in [2.75, 3.05) is 31.3 Å². The van der Waals surface area contributed by atoms with Gasteiger partial charge in [0.25, 0.3) is 5.91 Å². The number of rotatable bonds is 8. The lowest BCUT2D eigenvalue weighted by molar-refractivity contribution is -0.119. The molecule has 180 valence electrons. The number of amides is 1. The maximum Gasteiger partial charge on any atom is 0.260 e. The lowest BCUT2D eigenvalue weighted by atomic mass is 9.97. The van der Waals surface area contributed by atoms with Gasteiger partial charge in [-0.15, -0.1) is 0 Å². The number of ether oxygens (including phenoxy) is 2. The van der Waals surface area contributed by atoms with Gasteiger partial charge in [0.1, 0.15) is 18.0 Å². The Morgan fingerprint density at radius 2 is 1.57 bits per heavy atom. The summed E-state index contributed by atoms with van der Waals surface area (Å²) >= 11 is 0. The highest BCUT2D eigenvalue weighted by atomic mass is 32.2. The second-order valence-corrected chi connectivity index (χ2v) is 9.74. The maximum atomic E-state index is 12.7. The molecule has 35 heavy (non-hydrogen) atoms. The highest BCUT2D eigenvalue weighted by Crippen LogP contribution is 2.33. The smallest absolute Gasteiger partial charge is 0.260 e. The SMILES string of the molecule is COc1ccc(OC)c(N(CC(=O)NN=Cc2c3ccccc3cc3ccccc23)S(C)(=O)=O)c1. The predicted molar refractivity (Wildman–Crippen MR) is 139 cm³/mol. The van der Waals surface area contributed by atoms with Crippen LogP contribution in [0.3, 0.4) is 0 Å². The van der Waals surface area contributed by atoms with Crippen LogP contribution in [0.1, 0.15) is 5.56 Å². The molecule has 0 aliphatic rings. The number of nitrogens with zero attached hydrogens (tertiary/aromatic N) is 2. The number of methoxy groups -OCH3 is 2. The number of sulfonamides is 1. The van der Waals surface area contributed by atoms with Gasteiger partial charge >= 0.3 is 0 Å². The molecule has 1 N–H and O–H groups in total. The van der Waals surface area contributed by atoms with E-state index in [0.717, 1.165) is 37.7 Å². The molecule has 4 aromatic rings. The number of hydrazone groups is 1. The molecular weight excluding hydrogens is 466 g/mol. The van der Waals surface area contributed by atoms with Crippen LogP contribution in [0.25, 0.3) is 21.5 Å². The third-order valence-corrected chi connectivity index (χ3v) is 6.66. The molecule has 8 nitrogen and oxygen atoms in total. The van der Waals surface area contributed by atoms with E-state index < -0.39 is 22.5 Å². The fourth-order valence-corrected chi connectivity index (χ4v) is 4.75. The first-order chi connectivity index (χ1) is 16.8. The van der Waals surface area contributed by atoms with E-state index in [1.807, 2.05) is 48.5 Å². The van der Waals surface area contributed by atoms with Gasteiger partial charge in [0.15, 0.2) is 0 Å². The van der Waals surface area contributed by atoms with Gasteiger partial charge in [0, 0.05) is 11.6 Å². The number of carbonyl (C=O) groups excluding carboxylic acids is 1. The quantitative estimate of drug-likeness (QED) is 0.229. The molecule has 0 bridgehead atoms. The van der Waals surface area contributed by atoms with Gasteiger partial charge in [-0.05, 0) is 39.7 Å². The zero-order chi connectivity index (χ0) is 25.0. The van der Waals surface area contributed by atoms with E-state index in [1.165, 1.54) is 20.3 Å². The second kappa shape index (κ2) is 10.0. The molecule has 0 radical (unpaired) electrons. The molecule has 0 atom stereocenters. The average Bonchev–Trinajstić information content (AvgIpc) is 2.85. The van der Waals surface area contributed by atoms with E-state index in [9.17, 15) is 13.2 Å². The van der Waals surface area contributed by atoms with Crippen LogP contribution in [-0.2, 0) is 14.8 Å². The van der Waals surface area contributed by atoms with Crippen LogP contribution in [0.5, 0.6) is 11.5 Å². The van der Waals surface area contributed by atoms with Crippen LogP contribution < -0.4 is 19.2 Å². The van der Waals surface area contributed by atoms with Gasteiger partial charge in [-0.1, -0.05) is 48.5 Å². The van der Waals surface area contributed by atoms with Crippen LogP contribution in [0.4, 0.5) is 5.69 Å². The van der Waals surface area contributed by atoms with Gasteiger partial charge in [0.2, 0.25) is 10.0 Å². The minimum Gasteiger partial charge on any atom is -0.497 e. The molecule has 4 aromatic carbocycles. The number of hydrogen-bond acceptors (Lipinski definition) is 6. The van der Waals surface area contributed by atoms with Crippen LogP contribution in [0.2, 0.25) is 0 Å². The lowest BCUT2D eigenvalue weighted by Crippen LogP contribution is -2.39. The summed E-state index contributed by atoms with van der Waals surface area (Å²) in [6, 6.07) is 22.7. The van der Waals surface area contributed by atoms with Crippen LogP contribution in [0, 0.1) is 0 Å². The Kier molecular flexibility index (Phi) is 6.88. The molecule has 4 rings (SSSR count). The molecule has 0 unspecified atom stereocenters. The summed E-state index contributed by atoms with van der Waals surface area (Å²) in [5.74, 6) is 0.103. The summed E-state index contributed by atoms with van der Waals surface area (Å²) in [5, 5.41) is 8.22. The zero-order valence-electron chi connectivity index (χ0n) is 19.6. The molecule has 0 heterocycles. The highest BCUT2D eigenvalue weighted by Gasteiger charge is 2.24. The second-order valence-electron chi connectivity index (χ2n) is 7.83. The van der Waals surface area contributed by atoms with Gasteiger partial charge in [-0.2, -0.15) is 5.10 Å². The van der Waals surface area contributed by atoms with Crippen molar-refractivity contribution in [1.29, 1.82) is 0 Å². The summed E-state index contributed by atoms with van der Waals surface area (Å²) in [7, 11) is -0.932. The Balaban J connectivity index is 1.62. The molecule has 0 fully saturated rings. The van der Waals surface area contributed by atoms with Gasteiger partial charge in [-0.25, -0.2) is 13.8 Å². The number of hydrogen-bond donors (Lipinski definition) is 1. The van der Waals surface area contributed by atoms with Crippen molar-refractivity contribution in [1.82, 2.24) is 5.43 Å². The van der Waals surface area contributed by atoms with E-state index in [1.54, 1.807) is 18.3 Å². The minimum absolute atomic E-state index is 0.188. The summed E-state index contributed by atoms with van der Waals surface area (Å²) in [5.41, 5.74) is 3.49. The molecule has 9 heteroatoms. The van der Waals surface area contributed by atoms with E-state index in [-0.39, 0.29) is 11.4 Å². The molecule has 0 aliphatic carbocycles. The highest BCUT2D eigenvalue weighted by molar-refractivity contribution is 7.92. The monoisotopic (exact) mass is 491 g/mol. The van der Waals surface area contributed by atoms with Crippen molar-refractivity contribution in [3.8, 4) is 11.5 Å². The molecular formula is C26H25N3O5S. The number of fused-ring (bicyclic) bond motifs is 2. The molecule has 0 aromatic heterocycles. The van der Waals surface area contributed by atoms with E-state index in [4.69, 9.17) is 9.47 Å². The Hall–Kier alpha value is -4.11. The third kappa shape index (κ3) is 5.20. The van der Waals surface area contributed by atoms with Crippen LogP contribution in [0.15, 0.2) is 77.9 Å². The fourth-order valence-electron chi connectivity index (χ4n) is 3.90. The summed E-state index contributed by atoms with van der Waals surface area (Å²) < 4.78 is 36.5. The van der Waals surface area contributed by atoms with Gasteiger partial charge < -0.3 is 9.47 Å². The number of carbonyl (C=O) groups is 1. The first-order valence-electron chi connectivity index (χ1n) is 10.7. The van der Waals surface area contributed by atoms with E-state index in [0.29, 0.717) is 5.75 Å². The van der Waals surface area contributed by atoms with Gasteiger partial charge in [0.05, 0.1) is 32.4 Å². The zero-order valence-corrected chi connectivity index (χ0v) is 20.4. The minimum atomic E-state index is -3.82. The first kappa shape index (κ1) is 24.0. The Labute approximate surface area is 203 Å². The van der Waals surface area contributed by atoms with E-state index in [2.05, 4.69) is 16.6 Å². The maximum absolute atomic E-state index is 12.7. The number of anilines is 1. The molecule has 0 saturated heterocycles. The van der Waals surface area contributed by atoms with Crippen molar-refractivity contribution in [3.63, 3.8) is 0 Å². The van der Waals surface area contributed by atoms with Crippen LogP contribution in [-0.4, -0.2) is 47.6 Å². The van der Waals surface area contributed by atoms with Crippen molar-refractivity contribution < 1.29 is 22.7 Å². The Bertz CT molecular complexity index is 1480. The largest absolute Gasteiger partial charge is 0.497 e. The molecule has 1 amide bonds.